The molecule has 0 aliphatic heterocycles. The van der Waals surface area contributed by atoms with E-state index in [1.807, 2.05) is 13.0 Å². The second kappa shape index (κ2) is 9.31. The molecule has 20 heavy (non-hydrogen) atoms. The lowest BCUT2D eigenvalue weighted by molar-refractivity contribution is 0.195. The van der Waals surface area contributed by atoms with Crippen LogP contribution in [0.1, 0.15) is 24.5 Å². The van der Waals surface area contributed by atoms with Crippen molar-refractivity contribution in [1.29, 1.82) is 0 Å². The fourth-order valence-electron chi connectivity index (χ4n) is 1.74. The summed E-state index contributed by atoms with van der Waals surface area (Å²) in [6, 6.07) is 5.08. The summed E-state index contributed by atoms with van der Waals surface area (Å²) >= 11 is 0. The maximum Gasteiger partial charge on any atom is 0.191 e. The molecule has 0 unspecified atom stereocenters. The second-order valence-electron chi connectivity index (χ2n) is 4.55. The number of aryl methyl sites for hydroxylation is 1. The van der Waals surface area contributed by atoms with Crippen LogP contribution in [0.25, 0.3) is 0 Å². The average molecular weight is 281 g/mol. The minimum absolute atomic E-state index is 0.178. The summed E-state index contributed by atoms with van der Waals surface area (Å²) in [6.07, 6.45) is 0.927. The molecule has 1 aromatic carbocycles. The van der Waals surface area contributed by atoms with E-state index in [4.69, 9.17) is 4.74 Å². The Labute approximate surface area is 120 Å². The number of halogens is 1. The third-order valence-electron chi connectivity index (χ3n) is 2.80. The molecule has 5 heteroatoms. The highest BCUT2D eigenvalue weighted by molar-refractivity contribution is 5.79. The van der Waals surface area contributed by atoms with Crippen molar-refractivity contribution in [1.82, 2.24) is 10.6 Å². The molecule has 4 nitrogen and oxygen atoms in total. The molecule has 0 atom stereocenters. The quantitative estimate of drug-likeness (QED) is 0.458. The molecule has 1 aromatic rings. The Balaban J connectivity index is 2.54. The van der Waals surface area contributed by atoms with Gasteiger partial charge in [0.2, 0.25) is 0 Å². The van der Waals surface area contributed by atoms with Gasteiger partial charge in [-0.25, -0.2) is 9.38 Å². The fraction of sp³-hybridized carbons (Fsp3) is 0.533. The third kappa shape index (κ3) is 6.02. The van der Waals surface area contributed by atoms with E-state index in [1.165, 1.54) is 6.07 Å². The molecule has 0 amide bonds. The van der Waals surface area contributed by atoms with Crippen LogP contribution in [0.2, 0.25) is 0 Å². The van der Waals surface area contributed by atoms with Crippen molar-refractivity contribution in [3.8, 4) is 0 Å². The van der Waals surface area contributed by atoms with Gasteiger partial charge < -0.3 is 15.4 Å². The van der Waals surface area contributed by atoms with Gasteiger partial charge in [-0.1, -0.05) is 12.1 Å². The van der Waals surface area contributed by atoms with E-state index in [9.17, 15) is 4.39 Å². The Kier molecular flexibility index (Phi) is 7.65. The van der Waals surface area contributed by atoms with Crippen LogP contribution >= 0.6 is 0 Å². The number of nitrogens with zero attached hydrogens (tertiary/aromatic N) is 1. The van der Waals surface area contributed by atoms with Crippen LogP contribution in [0, 0.1) is 12.7 Å². The Hall–Kier alpha value is -1.62. The molecule has 112 valence electrons. The van der Waals surface area contributed by atoms with Crippen molar-refractivity contribution in [2.45, 2.75) is 26.8 Å². The van der Waals surface area contributed by atoms with Gasteiger partial charge in [0.1, 0.15) is 5.82 Å². The lowest BCUT2D eigenvalue weighted by Gasteiger charge is -2.11. The van der Waals surface area contributed by atoms with Crippen molar-refractivity contribution in [2.75, 3.05) is 26.8 Å². The minimum atomic E-state index is -0.178. The van der Waals surface area contributed by atoms with E-state index >= 15 is 0 Å². The van der Waals surface area contributed by atoms with Crippen LogP contribution in [0.4, 0.5) is 4.39 Å². The summed E-state index contributed by atoms with van der Waals surface area (Å²) in [5.74, 6) is 0.591. The standard InChI is InChI=1S/C15H24FN3O/c1-4-17-15(18-8-5-9-20-3)19-11-13-6-7-14(16)12(2)10-13/h6-7,10H,4-5,8-9,11H2,1-3H3,(H2,17,18,19). The maximum atomic E-state index is 13.2. The molecule has 0 saturated carbocycles. The number of rotatable bonds is 7. The Morgan fingerprint density at radius 2 is 2.15 bits per heavy atom. The molecule has 2 N–H and O–H groups in total. The van der Waals surface area contributed by atoms with Crippen LogP contribution in [-0.4, -0.2) is 32.8 Å². The van der Waals surface area contributed by atoms with Crippen molar-refractivity contribution in [3.63, 3.8) is 0 Å². The highest BCUT2D eigenvalue weighted by Gasteiger charge is 2.00. The molecule has 0 spiro atoms. The Bertz CT molecular complexity index is 435. The van der Waals surface area contributed by atoms with Gasteiger partial charge in [-0.3, -0.25) is 0 Å². The number of aliphatic imine (C=N–C) groups is 1. The van der Waals surface area contributed by atoms with E-state index in [-0.39, 0.29) is 5.82 Å². The summed E-state index contributed by atoms with van der Waals surface area (Å²) in [5, 5.41) is 6.42. The lowest BCUT2D eigenvalue weighted by atomic mass is 10.1. The number of guanidine groups is 1. The highest BCUT2D eigenvalue weighted by atomic mass is 19.1. The summed E-state index contributed by atoms with van der Waals surface area (Å²) in [7, 11) is 1.69. The summed E-state index contributed by atoms with van der Waals surface area (Å²) in [5.41, 5.74) is 1.65. The van der Waals surface area contributed by atoms with Gasteiger partial charge in [-0.15, -0.1) is 0 Å². The van der Waals surface area contributed by atoms with Gasteiger partial charge >= 0.3 is 0 Å². The molecule has 0 aliphatic rings. The van der Waals surface area contributed by atoms with Gasteiger partial charge in [0.25, 0.3) is 0 Å². The molecule has 0 saturated heterocycles. The third-order valence-corrected chi connectivity index (χ3v) is 2.80. The first-order valence-electron chi connectivity index (χ1n) is 6.93. The normalized spacial score (nSPS) is 11.5. The molecule has 0 aliphatic carbocycles. The van der Waals surface area contributed by atoms with E-state index in [0.29, 0.717) is 12.1 Å². The van der Waals surface area contributed by atoms with E-state index in [0.717, 1.165) is 37.6 Å². The number of hydrogen-bond acceptors (Lipinski definition) is 2. The van der Waals surface area contributed by atoms with E-state index in [2.05, 4.69) is 15.6 Å². The van der Waals surface area contributed by atoms with Crippen molar-refractivity contribution in [3.05, 3.63) is 35.1 Å². The topological polar surface area (TPSA) is 45.7 Å². The van der Waals surface area contributed by atoms with E-state index < -0.39 is 0 Å². The van der Waals surface area contributed by atoms with Crippen molar-refractivity contribution < 1.29 is 9.13 Å². The van der Waals surface area contributed by atoms with Crippen LogP contribution in [-0.2, 0) is 11.3 Å². The Morgan fingerprint density at radius 3 is 2.80 bits per heavy atom. The maximum absolute atomic E-state index is 13.2. The van der Waals surface area contributed by atoms with Gasteiger partial charge in [0.05, 0.1) is 6.54 Å². The van der Waals surface area contributed by atoms with Crippen LogP contribution in [0.15, 0.2) is 23.2 Å². The lowest BCUT2D eigenvalue weighted by Crippen LogP contribution is -2.38. The molecule has 1 rings (SSSR count). The van der Waals surface area contributed by atoms with Crippen molar-refractivity contribution in [2.24, 2.45) is 4.99 Å². The molecule has 0 fully saturated rings. The number of hydrogen-bond donors (Lipinski definition) is 2. The molecule has 0 bridgehead atoms. The zero-order valence-corrected chi connectivity index (χ0v) is 12.5. The van der Waals surface area contributed by atoms with Gasteiger partial charge in [0, 0.05) is 26.8 Å². The van der Waals surface area contributed by atoms with Crippen LogP contribution in [0.5, 0.6) is 0 Å². The summed E-state index contributed by atoms with van der Waals surface area (Å²) < 4.78 is 18.2. The van der Waals surface area contributed by atoms with Gasteiger partial charge in [-0.2, -0.15) is 0 Å². The molecular formula is C15H24FN3O. The van der Waals surface area contributed by atoms with E-state index in [1.54, 1.807) is 20.1 Å². The molecule has 0 aromatic heterocycles. The predicted octanol–water partition coefficient (Wildman–Crippen LogP) is 2.23. The first kappa shape index (κ1) is 16.4. The van der Waals surface area contributed by atoms with Crippen LogP contribution in [0.3, 0.4) is 0 Å². The largest absolute Gasteiger partial charge is 0.385 e. The number of ether oxygens (including phenoxy) is 1. The fourth-order valence-corrected chi connectivity index (χ4v) is 1.74. The summed E-state index contributed by atoms with van der Waals surface area (Å²) in [4.78, 5) is 4.48. The SMILES string of the molecule is CCNC(=NCc1ccc(F)c(C)c1)NCCCOC. The van der Waals surface area contributed by atoms with Gasteiger partial charge in [-0.05, 0) is 37.5 Å². The molecular weight excluding hydrogens is 257 g/mol. The summed E-state index contributed by atoms with van der Waals surface area (Å²) in [6.45, 7) is 6.65. The highest BCUT2D eigenvalue weighted by Crippen LogP contribution is 2.09. The number of nitrogens with one attached hydrogen (secondary N) is 2. The predicted molar refractivity (Wildman–Crippen MR) is 80.4 cm³/mol. The number of methoxy groups -OCH3 is 1. The Morgan fingerprint density at radius 1 is 1.35 bits per heavy atom. The zero-order valence-electron chi connectivity index (χ0n) is 12.5. The van der Waals surface area contributed by atoms with Crippen LogP contribution < -0.4 is 10.6 Å². The molecule has 0 radical (unpaired) electrons. The first-order chi connectivity index (χ1) is 9.67. The minimum Gasteiger partial charge on any atom is -0.385 e. The monoisotopic (exact) mass is 281 g/mol. The first-order valence-corrected chi connectivity index (χ1v) is 6.93. The second-order valence-corrected chi connectivity index (χ2v) is 4.55. The van der Waals surface area contributed by atoms with Crippen molar-refractivity contribution >= 4 is 5.96 Å². The van der Waals surface area contributed by atoms with Gasteiger partial charge in [0.15, 0.2) is 5.96 Å². The average Bonchev–Trinajstić information content (AvgIpc) is 2.44. The molecule has 0 heterocycles. The smallest absolute Gasteiger partial charge is 0.191 e. The zero-order chi connectivity index (χ0) is 14.8. The number of benzene rings is 1.